The Kier molecular flexibility index (Phi) is 4.56. The minimum Gasteiger partial charge on any atom is -0.392 e. The fraction of sp³-hybridized carbons (Fsp3) is 0.533. The van der Waals surface area contributed by atoms with E-state index in [1.54, 1.807) is 0 Å². The highest BCUT2D eigenvalue weighted by atomic mass is 16.3. The van der Waals surface area contributed by atoms with Crippen LogP contribution in [0.2, 0.25) is 0 Å². The predicted molar refractivity (Wildman–Crippen MR) is 74.7 cm³/mol. The average Bonchev–Trinajstić information content (AvgIpc) is 2.83. The Bertz CT molecular complexity index is 430. The van der Waals surface area contributed by atoms with E-state index in [1.165, 1.54) is 5.56 Å². The second kappa shape index (κ2) is 6.17. The molecule has 19 heavy (non-hydrogen) atoms. The lowest BCUT2D eigenvalue weighted by molar-refractivity contribution is -0.125. The quantitative estimate of drug-likeness (QED) is 0.853. The van der Waals surface area contributed by atoms with E-state index >= 15 is 0 Å². The zero-order valence-electron chi connectivity index (χ0n) is 11.6. The van der Waals surface area contributed by atoms with Gasteiger partial charge in [0.25, 0.3) is 0 Å². The molecule has 1 unspecified atom stereocenters. The maximum absolute atomic E-state index is 12.0. The van der Waals surface area contributed by atoms with Crippen molar-refractivity contribution in [3.63, 3.8) is 0 Å². The van der Waals surface area contributed by atoms with Crippen LogP contribution in [0.25, 0.3) is 0 Å². The average molecular weight is 262 g/mol. The lowest BCUT2D eigenvalue weighted by atomic mass is 10.1. The van der Waals surface area contributed by atoms with E-state index in [0.717, 1.165) is 18.5 Å². The number of rotatable bonds is 4. The van der Waals surface area contributed by atoms with Crippen molar-refractivity contribution >= 4 is 5.91 Å². The summed E-state index contributed by atoms with van der Waals surface area (Å²) in [4.78, 5) is 14.1. The first-order valence-corrected chi connectivity index (χ1v) is 6.81. The molecule has 1 saturated heterocycles. The van der Waals surface area contributed by atoms with Crippen molar-refractivity contribution in [1.29, 1.82) is 0 Å². The van der Waals surface area contributed by atoms with Crippen molar-refractivity contribution in [2.45, 2.75) is 39.0 Å². The molecule has 2 atom stereocenters. The number of nitrogens with zero attached hydrogens (tertiary/aromatic N) is 1. The van der Waals surface area contributed by atoms with Crippen molar-refractivity contribution in [1.82, 2.24) is 10.2 Å². The fourth-order valence-electron chi connectivity index (χ4n) is 2.33. The third kappa shape index (κ3) is 3.78. The molecule has 1 amide bonds. The molecule has 1 fully saturated rings. The number of hydrogen-bond donors (Lipinski definition) is 2. The Morgan fingerprint density at radius 3 is 2.74 bits per heavy atom. The Morgan fingerprint density at radius 1 is 1.47 bits per heavy atom. The zero-order valence-corrected chi connectivity index (χ0v) is 11.6. The van der Waals surface area contributed by atoms with Crippen LogP contribution < -0.4 is 5.32 Å². The van der Waals surface area contributed by atoms with Crippen LogP contribution >= 0.6 is 0 Å². The molecule has 0 aromatic heterocycles. The summed E-state index contributed by atoms with van der Waals surface area (Å²) in [7, 11) is 0. The topological polar surface area (TPSA) is 52.6 Å². The Labute approximate surface area is 114 Å². The maximum atomic E-state index is 12.0. The number of aliphatic hydroxyl groups is 1. The van der Waals surface area contributed by atoms with E-state index in [1.807, 2.05) is 43.0 Å². The molecule has 1 aromatic rings. The molecule has 0 saturated carbocycles. The van der Waals surface area contributed by atoms with Crippen molar-refractivity contribution in [3.05, 3.63) is 35.4 Å². The van der Waals surface area contributed by atoms with Gasteiger partial charge < -0.3 is 10.4 Å². The normalized spacial score (nSPS) is 21.3. The molecule has 0 aliphatic carbocycles. The SMILES string of the molecule is Cc1ccc(CNC(=O)C(C)N2CC[C@H](O)C2)cc1. The molecule has 2 rings (SSSR count). The molecular weight excluding hydrogens is 240 g/mol. The zero-order chi connectivity index (χ0) is 13.8. The molecule has 1 heterocycles. The second-order valence-electron chi connectivity index (χ2n) is 5.32. The van der Waals surface area contributed by atoms with Crippen molar-refractivity contribution in [2.24, 2.45) is 0 Å². The number of aryl methyl sites for hydroxylation is 1. The van der Waals surface area contributed by atoms with Crippen molar-refractivity contribution in [2.75, 3.05) is 13.1 Å². The molecule has 1 aliphatic rings. The summed E-state index contributed by atoms with van der Waals surface area (Å²) in [5, 5.41) is 12.4. The summed E-state index contributed by atoms with van der Waals surface area (Å²) in [5.74, 6) is 0.0228. The van der Waals surface area contributed by atoms with Gasteiger partial charge in [-0.2, -0.15) is 0 Å². The first-order valence-electron chi connectivity index (χ1n) is 6.81. The van der Waals surface area contributed by atoms with Gasteiger partial charge in [-0.25, -0.2) is 0 Å². The number of likely N-dealkylation sites (tertiary alicyclic amines) is 1. The number of carbonyl (C=O) groups excluding carboxylic acids is 1. The summed E-state index contributed by atoms with van der Waals surface area (Å²) < 4.78 is 0. The highest BCUT2D eigenvalue weighted by molar-refractivity contribution is 5.81. The summed E-state index contributed by atoms with van der Waals surface area (Å²) >= 11 is 0. The standard InChI is InChI=1S/C15H22N2O2/c1-11-3-5-13(6-4-11)9-16-15(19)12(2)17-8-7-14(18)10-17/h3-6,12,14,18H,7-10H2,1-2H3,(H,16,19)/t12?,14-/m0/s1. The number of nitrogens with one attached hydrogen (secondary N) is 1. The molecule has 4 heteroatoms. The lowest BCUT2D eigenvalue weighted by Gasteiger charge is -2.22. The van der Waals surface area contributed by atoms with Crippen molar-refractivity contribution in [3.8, 4) is 0 Å². The number of β-amino-alcohol motifs (C(OH)–C–C–N with tert-alkyl or cyclic N) is 1. The molecule has 104 valence electrons. The van der Waals surface area contributed by atoms with Gasteiger partial charge in [-0.05, 0) is 25.8 Å². The summed E-state index contributed by atoms with van der Waals surface area (Å²) in [5.41, 5.74) is 2.32. The largest absolute Gasteiger partial charge is 0.392 e. The maximum Gasteiger partial charge on any atom is 0.237 e. The van der Waals surface area contributed by atoms with E-state index < -0.39 is 0 Å². The van der Waals surface area contributed by atoms with Crippen LogP contribution in [0.5, 0.6) is 0 Å². The number of carbonyl (C=O) groups is 1. The highest BCUT2D eigenvalue weighted by Gasteiger charge is 2.28. The molecule has 0 radical (unpaired) electrons. The van der Waals surface area contributed by atoms with E-state index in [-0.39, 0.29) is 18.1 Å². The highest BCUT2D eigenvalue weighted by Crippen LogP contribution is 2.12. The van der Waals surface area contributed by atoms with Crippen LogP contribution in [0.4, 0.5) is 0 Å². The number of hydrogen-bond acceptors (Lipinski definition) is 3. The second-order valence-corrected chi connectivity index (χ2v) is 5.32. The summed E-state index contributed by atoms with van der Waals surface area (Å²) in [6, 6.07) is 7.96. The first kappa shape index (κ1) is 14.0. The lowest BCUT2D eigenvalue weighted by Crippen LogP contribution is -2.44. The molecule has 1 aliphatic heterocycles. The van der Waals surface area contributed by atoms with Crippen LogP contribution in [0.1, 0.15) is 24.5 Å². The first-order chi connectivity index (χ1) is 9.06. The monoisotopic (exact) mass is 262 g/mol. The third-order valence-electron chi connectivity index (χ3n) is 3.71. The molecule has 2 N–H and O–H groups in total. The Balaban J connectivity index is 1.82. The van der Waals surface area contributed by atoms with Gasteiger partial charge in [0.15, 0.2) is 0 Å². The van der Waals surface area contributed by atoms with Gasteiger partial charge in [0.05, 0.1) is 12.1 Å². The van der Waals surface area contributed by atoms with Gasteiger partial charge in [-0.15, -0.1) is 0 Å². The van der Waals surface area contributed by atoms with Gasteiger partial charge in [0.2, 0.25) is 5.91 Å². The van der Waals surface area contributed by atoms with Gasteiger partial charge in [0, 0.05) is 19.6 Å². The van der Waals surface area contributed by atoms with E-state index in [9.17, 15) is 9.90 Å². The van der Waals surface area contributed by atoms with Crippen LogP contribution in [-0.2, 0) is 11.3 Å². The van der Waals surface area contributed by atoms with E-state index in [0.29, 0.717) is 13.1 Å². The molecular formula is C15H22N2O2. The minimum absolute atomic E-state index is 0.0228. The van der Waals surface area contributed by atoms with Crippen LogP contribution in [-0.4, -0.2) is 41.1 Å². The van der Waals surface area contributed by atoms with Gasteiger partial charge in [-0.1, -0.05) is 29.8 Å². The van der Waals surface area contributed by atoms with Crippen LogP contribution in [0.3, 0.4) is 0 Å². The molecule has 0 spiro atoms. The Morgan fingerprint density at radius 2 is 2.16 bits per heavy atom. The fourth-order valence-corrected chi connectivity index (χ4v) is 2.33. The predicted octanol–water partition coefficient (Wildman–Crippen LogP) is 1.07. The molecule has 1 aromatic carbocycles. The van der Waals surface area contributed by atoms with Gasteiger partial charge in [0.1, 0.15) is 0 Å². The molecule has 4 nitrogen and oxygen atoms in total. The van der Waals surface area contributed by atoms with E-state index in [4.69, 9.17) is 0 Å². The number of benzene rings is 1. The van der Waals surface area contributed by atoms with Crippen molar-refractivity contribution < 1.29 is 9.90 Å². The smallest absolute Gasteiger partial charge is 0.237 e. The summed E-state index contributed by atoms with van der Waals surface area (Å²) in [6.45, 7) is 5.88. The molecule has 0 bridgehead atoms. The van der Waals surface area contributed by atoms with Crippen LogP contribution in [0, 0.1) is 6.92 Å². The summed E-state index contributed by atoms with van der Waals surface area (Å²) in [6.07, 6.45) is 0.475. The third-order valence-corrected chi connectivity index (χ3v) is 3.71. The van der Waals surface area contributed by atoms with E-state index in [2.05, 4.69) is 5.32 Å². The van der Waals surface area contributed by atoms with Gasteiger partial charge in [-0.3, -0.25) is 9.69 Å². The minimum atomic E-state index is -0.285. The number of aliphatic hydroxyl groups excluding tert-OH is 1. The van der Waals surface area contributed by atoms with Gasteiger partial charge >= 0.3 is 0 Å². The Hall–Kier alpha value is -1.39. The number of amides is 1. The van der Waals surface area contributed by atoms with Crippen LogP contribution in [0.15, 0.2) is 24.3 Å².